The first kappa shape index (κ1) is 6.38. The Labute approximate surface area is 64.6 Å². The average Bonchev–Trinajstić information content (AvgIpc) is 2.33. The van der Waals surface area contributed by atoms with Gasteiger partial charge in [-0.2, -0.15) is 0 Å². The van der Waals surface area contributed by atoms with E-state index in [1.165, 1.54) is 31.0 Å². The minimum absolute atomic E-state index is 1.30. The van der Waals surface area contributed by atoms with Gasteiger partial charge in [0, 0.05) is 18.8 Å². The van der Waals surface area contributed by atoms with Crippen LogP contribution in [0.3, 0.4) is 0 Å². The normalized spacial score (nSPS) is 30.7. The van der Waals surface area contributed by atoms with Crippen molar-refractivity contribution in [2.45, 2.75) is 6.42 Å². The Morgan fingerprint density at radius 3 is 2.89 bits per heavy atom. The zero-order chi connectivity index (χ0) is 6.10. The van der Waals surface area contributed by atoms with E-state index >= 15 is 0 Å². The molecule has 0 N–H and O–H groups in total. The second-order valence-corrected chi connectivity index (χ2v) is 4.73. The van der Waals surface area contributed by atoms with Crippen molar-refractivity contribution in [2.24, 2.45) is 0 Å². The maximum atomic E-state index is 2.51. The van der Waals surface area contributed by atoms with Crippen LogP contribution in [0, 0.1) is 4.71 Å². The van der Waals surface area contributed by atoms with E-state index in [-0.39, 0.29) is 0 Å². The highest BCUT2D eigenvalue weighted by Crippen LogP contribution is 2.42. The molecular weight excluding hydrogens is 150 g/mol. The highest BCUT2D eigenvalue weighted by molar-refractivity contribution is 8.20. The van der Waals surface area contributed by atoms with Crippen LogP contribution in [0.15, 0.2) is 0 Å². The van der Waals surface area contributed by atoms with Crippen LogP contribution in [0.2, 0.25) is 0 Å². The molecule has 0 aromatic rings. The van der Waals surface area contributed by atoms with E-state index in [2.05, 4.69) is 4.90 Å². The number of thioether (sulfide) groups is 2. The summed E-state index contributed by atoms with van der Waals surface area (Å²) in [6.07, 6.45) is 1.38. The lowest BCUT2D eigenvalue weighted by molar-refractivity contribution is 0.379. The second kappa shape index (κ2) is 2.72. The van der Waals surface area contributed by atoms with Gasteiger partial charge in [-0.25, -0.2) is 0 Å². The summed E-state index contributed by atoms with van der Waals surface area (Å²) in [6, 6.07) is 0. The fourth-order valence-corrected chi connectivity index (χ4v) is 3.67. The largest absolute Gasteiger partial charge is 0.277 e. The van der Waals surface area contributed by atoms with Gasteiger partial charge in [-0.05, 0) is 12.2 Å². The summed E-state index contributed by atoms with van der Waals surface area (Å²) in [5, 5.41) is 0. The number of rotatable bonds is 0. The van der Waals surface area contributed by atoms with Crippen molar-refractivity contribution < 1.29 is 0 Å². The van der Waals surface area contributed by atoms with Gasteiger partial charge in [-0.3, -0.25) is 4.90 Å². The SMILES string of the molecule is C1CS[C]2SCCN2C1. The molecule has 2 fully saturated rings. The number of fused-ring (bicyclic) bond motifs is 1. The van der Waals surface area contributed by atoms with Crippen molar-refractivity contribution in [3.63, 3.8) is 0 Å². The van der Waals surface area contributed by atoms with E-state index in [0.717, 1.165) is 0 Å². The number of nitrogens with zero attached hydrogens (tertiary/aromatic N) is 1. The number of hydrogen-bond acceptors (Lipinski definition) is 3. The minimum atomic E-state index is 1.30. The first-order chi connectivity index (χ1) is 4.47. The van der Waals surface area contributed by atoms with Crippen LogP contribution in [0.25, 0.3) is 0 Å². The summed E-state index contributed by atoms with van der Waals surface area (Å²) in [5.41, 5.74) is 0. The highest BCUT2D eigenvalue weighted by Gasteiger charge is 2.28. The van der Waals surface area contributed by atoms with E-state index in [1.54, 1.807) is 4.71 Å². The van der Waals surface area contributed by atoms with Gasteiger partial charge in [0.2, 0.25) is 0 Å². The third-order valence-electron chi connectivity index (χ3n) is 1.64. The lowest BCUT2D eigenvalue weighted by Gasteiger charge is -2.25. The fraction of sp³-hybridized carbons (Fsp3) is 0.833. The average molecular weight is 160 g/mol. The molecule has 0 aliphatic carbocycles. The molecule has 0 saturated carbocycles. The smallest absolute Gasteiger partial charge is 0.152 e. The lowest BCUT2D eigenvalue weighted by atomic mass is 10.4. The monoisotopic (exact) mass is 160 g/mol. The maximum absolute atomic E-state index is 2.51. The van der Waals surface area contributed by atoms with E-state index in [0.29, 0.717) is 0 Å². The van der Waals surface area contributed by atoms with Crippen molar-refractivity contribution in [3.8, 4) is 0 Å². The Kier molecular flexibility index (Phi) is 1.93. The molecule has 0 atom stereocenters. The quantitative estimate of drug-likeness (QED) is 0.530. The Balaban J connectivity index is 1.97. The summed E-state index contributed by atoms with van der Waals surface area (Å²) in [5.74, 6) is 2.67. The van der Waals surface area contributed by atoms with E-state index < -0.39 is 0 Å². The summed E-state index contributed by atoms with van der Waals surface area (Å²) in [7, 11) is 0. The van der Waals surface area contributed by atoms with Crippen LogP contribution in [0.1, 0.15) is 6.42 Å². The van der Waals surface area contributed by atoms with Crippen molar-refractivity contribution in [3.05, 3.63) is 4.71 Å². The molecule has 2 aliphatic heterocycles. The molecule has 0 aromatic heterocycles. The van der Waals surface area contributed by atoms with E-state index in [4.69, 9.17) is 0 Å². The Morgan fingerprint density at radius 2 is 2.00 bits per heavy atom. The van der Waals surface area contributed by atoms with Crippen LogP contribution in [-0.2, 0) is 0 Å². The van der Waals surface area contributed by atoms with Gasteiger partial charge in [0.1, 0.15) is 0 Å². The van der Waals surface area contributed by atoms with Crippen LogP contribution in [0.4, 0.5) is 0 Å². The maximum Gasteiger partial charge on any atom is 0.152 e. The predicted octanol–water partition coefficient (Wildman–Crippen LogP) is 1.62. The van der Waals surface area contributed by atoms with Crippen LogP contribution >= 0.6 is 23.5 Å². The summed E-state index contributed by atoms with van der Waals surface area (Å²) in [4.78, 5) is 2.51. The molecule has 0 unspecified atom stereocenters. The minimum Gasteiger partial charge on any atom is -0.277 e. The van der Waals surface area contributed by atoms with Crippen molar-refractivity contribution in [2.75, 3.05) is 24.6 Å². The number of hydrogen-bond donors (Lipinski definition) is 0. The Morgan fingerprint density at radius 1 is 1.11 bits per heavy atom. The second-order valence-electron chi connectivity index (χ2n) is 2.30. The molecule has 2 aliphatic rings. The van der Waals surface area contributed by atoms with Gasteiger partial charge >= 0.3 is 0 Å². The highest BCUT2D eigenvalue weighted by atomic mass is 32.2. The van der Waals surface area contributed by atoms with Gasteiger partial charge in [-0.15, -0.1) is 23.5 Å². The molecule has 0 spiro atoms. The van der Waals surface area contributed by atoms with Gasteiger partial charge in [0.05, 0.1) is 0 Å². The predicted molar refractivity (Wildman–Crippen MR) is 44.3 cm³/mol. The Hall–Kier alpha value is 0.660. The molecular formula is C6H10NS2. The van der Waals surface area contributed by atoms with Crippen molar-refractivity contribution in [1.82, 2.24) is 4.90 Å². The van der Waals surface area contributed by atoms with Crippen LogP contribution in [-0.4, -0.2) is 29.5 Å². The molecule has 51 valence electrons. The molecule has 2 saturated heterocycles. The molecule has 9 heavy (non-hydrogen) atoms. The summed E-state index contributed by atoms with van der Waals surface area (Å²) < 4.78 is 1.58. The first-order valence-corrected chi connectivity index (χ1v) is 5.31. The van der Waals surface area contributed by atoms with E-state index in [9.17, 15) is 0 Å². The molecule has 0 aromatic carbocycles. The van der Waals surface area contributed by atoms with Crippen molar-refractivity contribution in [1.29, 1.82) is 0 Å². The lowest BCUT2D eigenvalue weighted by Crippen LogP contribution is -2.26. The van der Waals surface area contributed by atoms with Crippen LogP contribution < -0.4 is 0 Å². The van der Waals surface area contributed by atoms with Gasteiger partial charge in [0.25, 0.3) is 0 Å². The molecule has 2 rings (SSSR count). The Bertz CT molecular complexity index is 95.2. The summed E-state index contributed by atoms with van der Waals surface area (Å²) >= 11 is 4.07. The molecule has 1 nitrogen and oxygen atoms in total. The van der Waals surface area contributed by atoms with Crippen molar-refractivity contribution >= 4 is 23.5 Å². The topological polar surface area (TPSA) is 3.24 Å². The third kappa shape index (κ3) is 1.23. The standard InChI is InChI=1S/C6H10NS2/c1-2-7-3-5-9-6(7)8-4-1/h1-5H2. The first-order valence-electron chi connectivity index (χ1n) is 3.34. The molecule has 0 amide bonds. The van der Waals surface area contributed by atoms with Gasteiger partial charge in [0.15, 0.2) is 4.71 Å². The molecule has 1 radical (unpaired) electrons. The zero-order valence-corrected chi connectivity index (χ0v) is 6.93. The summed E-state index contributed by atoms with van der Waals surface area (Å²) in [6.45, 7) is 2.61. The third-order valence-corrected chi connectivity index (χ3v) is 4.24. The van der Waals surface area contributed by atoms with E-state index in [1.807, 2.05) is 23.5 Å². The van der Waals surface area contributed by atoms with Gasteiger partial charge < -0.3 is 0 Å². The van der Waals surface area contributed by atoms with Gasteiger partial charge in [-0.1, -0.05) is 0 Å². The zero-order valence-electron chi connectivity index (χ0n) is 5.30. The van der Waals surface area contributed by atoms with Crippen LogP contribution in [0.5, 0.6) is 0 Å². The molecule has 3 heteroatoms. The molecule has 2 heterocycles. The molecule has 0 bridgehead atoms. The fourth-order valence-electron chi connectivity index (χ4n) is 1.18.